The van der Waals surface area contributed by atoms with Gasteiger partial charge in [-0.1, -0.05) is 12.1 Å². The Bertz CT molecular complexity index is 1050. The SMILES string of the molecule is Cc1ccncc1C(=O)NCCC1Cc2ccc(-c3ccc(=O)[nH]n3)cc2C1. The van der Waals surface area contributed by atoms with E-state index in [0.29, 0.717) is 18.0 Å². The van der Waals surface area contributed by atoms with E-state index in [-0.39, 0.29) is 11.5 Å². The molecule has 2 N–H and O–H groups in total. The molecule has 1 aliphatic carbocycles. The summed E-state index contributed by atoms with van der Waals surface area (Å²) in [6, 6.07) is 11.4. The minimum Gasteiger partial charge on any atom is -0.352 e. The highest BCUT2D eigenvalue weighted by atomic mass is 16.1. The number of nitrogens with one attached hydrogen (secondary N) is 2. The largest absolute Gasteiger partial charge is 0.352 e. The van der Waals surface area contributed by atoms with Crippen LogP contribution in [0.25, 0.3) is 11.3 Å². The summed E-state index contributed by atoms with van der Waals surface area (Å²) in [5, 5.41) is 9.60. The third-order valence-corrected chi connectivity index (χ3v) is 5.32. The van der Waals surface area contributed by atoms with Crippen LogP contribution in [0.4, 0.5) is 0 Å². The van der Waals surface area contributed by atoms with Crippen LogP contribution < -0.4 is 10.9 Å². The lowest BCUT2D eigenvalue weighted by Crippen LogP contribution is -2.26. The monoisotopic (exact) mass is 374 g/mol. The first kappa shape index (κ1) is 18.1. The van der Waals surface area contributed by atoms with Crippen LogP contribution in [0.5, 0.6) is 0 Å². The molecule has 2 aromatic heterocycles. The van der Waals surface area contributed by atoms with E-state index in [2.05, 4.69) is 38.7 Å². The molecule has 0 radical (unpaired) electrons. The molecule has 0 spiro atoms. The van der Waals surface area contributed by atoms with Crippen molar-refractivity contribution in [1.29, 1.82) is 0 Å². The molecule has 1 aromatic carbocycles. The van der Waals surface area contributed by atoms with E-state index < -0.39 is 0 Å². The molecule has 3 aromatic rings. The normalized spacial score (nSPS) is 15.2. The van der Waals surface area contributed by atoms with E-state index in [4.69, 9.17) is 0 Å². The van der Waals surface area contributed by atoms with Gasteiger partial charge >= 0.3 is 0 Å². The Hall–Kier alpha value is -3.28. The molecule has 4 rings (SSSR count). The molecule has 0 saturated heterocycles. The van der Waals surface area contributed by atoms with Crippen molar-refractivity contribution in [3.05, 3.63) is 81.4 Å². The maximum Gasteiger partial charge on any atom is 0.264 e. The Kier molecular flexibility index (Phi) is 5.02. The van der Waals surface area contributed by atoms with Gasteiger partial charge in [-0.25, -0.2) is 5.10 Å². The zero-order valence-electron chi connectivity index (χ0n) is 15.7. The summed E-state index contributed by atoms with van der Waals surface area (Å²) in [5.74, 6) is 0.455. The summed E-state index contributed by atoms with van der Waals surface area (Å²) in [5.41, 5.74) is 5.83. The van der Waals surface area contributed by atoms with Gasteiger partial charge in [0.25, 0.3) is 11.5 Å². The number of hydrogen-bond acceptors (Lipinski definition) is 4. The number of carbonyl (C=O) groups excluding carboxylic acids is 1. The number of aromatic amines is 1. The van der Waals surface area contributed by atoms with Gasteiger partial charge < -0.3 is 5.32 Å². The summed E-state index contributed by atoms with van der Waals surface area (Å²) >= 11 is 0. The van der Waals surface area contributed by atoms with Gasteiger partial charge in [-0.3, -0.25) is 14.6 Å². The molecule has 6 nitrogen and oxygen atoms in total. The first-order valence-corrected chi connectivity index (χ1v) is 9.47. The Labute approximate surface area is 163 Å². The number of carbonyl (C=O) groups is 1. The molecular weight excluding hydrogens is 352 g/mol. The number of amides is 1. The predicted octanol–water partition coefficient (Wildman–Crippen LogP) is 2.68. The highest BCUT2D eigenvalue weighted by molar-refractivity contribution is 5.95. The summed E-state index contributed by atoms with van der Waals surface area (Å²) < 4.78 is 0. The van der Waals surface area contributed by atoms with E-state index in [0.717, 1.165) is 36.1 Å². The minimum atomic E-state index is -0.200. The van der Waals surface area contributed by atoms with Gasteiger partial charge in [0.15, 0.2) is 0 Å². The minimum absolute atomic E-state index is 0.0625. The molecule has 1 amide bonds. The van der Waals surface area contributed by atoms with Gasteiger partial charge in [-0.15, -0.1) is 0 Å². The van der Waals surface area contributed by atoms with Crippen LogP contribution in [0.1, 0.15) is 33.5 Å². The van der Waals surface area contributed by atoms with Gasteiger partial charge in [0, 0.05) is 30.6 Å². The quantitative estimate of drug-likeness (QED) is 0.719. The Morgan fingerprint density at radius 3 is 2.82 bits per heavy atom. The van der Waals surface area contributed by atoms with E-state index in [1.165, 1.54) is 17.2 Å². The summed E-state index contributed by atoms with van der Waals surface area (Å²) in [6.45, 7) is 2.57. The fourth-order valence-electron chi connectivity index (χ4n) is 3.76. The maximum atomic E-state index is 12.3. The molecule has 6 heteroatoms. The van der Waals surface area contributed by atoms with Crippen LogP contribution in [0, 0.1) is 12.8 Å². The van der Waals surface area contributed by atoms with Crippen molar-refractivity contribution in [3.63, 3.8) is 0 Å². The number of hydrogen-bond donors (Lipinski definition) is 2. The van der Waals surface area contributed by atoms with Crippen LogP contribution in [0.15, 0.2) is 53.6 Å². The smallest absolute Gasteiger partial charge is 0.264 e. The Morgan fingerprint density at radius 2 is 2.04 bits per heavy atom. The number of aromatic nitrogens is 3. The van der Waals surface area contributed by atoms with Crippen LogP contribution in [0.2, 0.25) is 0 Å². The molecule has 1 aliphatic rings. The molecule has 0 bridgehead atoms. The summed E-state index contributed by atoms with van der Waals surface area (Å²) in [7, 11) is 0. The third-order valence-electron chi connectivity index (χ3n) is 5.32. The van der Waals surface area contributed by atoms with Crippen molar-refractivity contribution in [1.82, 2.24) is 20.5 Å². The number of aryl methyl sites for hydroxylation is 1. The Balaban J connectivity index is 1.35. The van der Waals surface area contributed by atoms with Crippen molar-refractivity contribution >= 4 is 5.91 Å². The average molecular weight is 374 g/mol. The second kappa shape index (κ2) is 7.76. The average Bonchev–Trinajstić information content (AvgIpc) is 3.10. The summed E-state index contributed by atoms with van der Waals surface area (Å²) in [6.07, 6.45) is 6.26. The van der Waals surface area contributed by atoms with Gasteiger partial charge in [-0.05, 0) is 67.0 Å². The standard InChI is InChI=1S/C22H22N4O2/c1-14-6-8-23-13-19(14)22(28)24-9-7-15-10-16-2-3-17(12-18(16)11-15)20-4-5-21(27)26-25-20/h2-6,8,12-13,15H,7,9-11H2,1H3,(H,24,28)(H,26,27). The zero-order valence-corrected chi connectivity index (χ0v) is 15.7. The van der Waals surface area contributed by atoms with E-state index >= 15 is 0 Å². The number of fused-ring (bicyclic) bond motifs is 1. The van der Waals surface area contributed by atoms with Crippen molar-refractivity contribution in [2.45, 2.75) is 26.2 Å². The highest BCUT2D eigenvalue weighted by Crippen LogP contribution is 2.31. The number of benzene rings is 1. The van der Waals surface area contributed by atoms with E-state index in [9.17, 15) is 9.59 Å². The highest BCUT2D eigenvalue weighted by Gasteiger charge is 2.22. The van der Waals surface area contributed by atoms with Gasteiger partial charge in [0.2, 0.25) is 0 Å². The molecule has 0 saturated carbocycles. The van der Waals surface area contributed by atoms with Crippen molar-refractivity contribution < 1.29 is 4.79 Å². The lowest BCUT2D eigenvalue weighted by atomic mass is 10.0. The fraction of sp³-hybridized carbons (Fsp3) is 0.273. The van der Waals surface area contributed by atoms with Crippen molar-refractivity contribution in [2.24, 2.45) is 5.92 Å². The predicted molar refractivity (Wildman–Crippen MR) is 107 cm³/mol. The van der Waals surface area contributed by atoms with E-state index in [1.807, 2.05) is 13.0 Å². The molecule has 1 atom stereocenters. The number of nitrogens with zero attached hydrogens (tertiary/aromatic N) is 2. The lowest BCUT2D eigenvalue weighted by Gasteiger charge is -2.11. The lowest BCUT2D eigenvalue weighted by molar-refractivity contribution is 0.0950. The molecule has 142 valence electrons. The second-order valence-corrected chi connectivity index (χ2v) is 7.30. The molecular formula is C22H22N4O2. The molecule has 28 heavy (non-hydrogen) atoms. The Morgan fingerprint density at radius 1 is 1.18 bits per heavy atom. The number of pyridine rings is 1. The number of rotatable bonds is 5. The molecule has 0 fully saturated rings. The van der Waals surface area contributed by atoms with Crippen molar-refractivity contribution in [3.8, 4) is 11.3 Å². The van der Waals surface area contributed by atoms with Gasteiger partial charge in [0.05, 0.1) is 11.3 Å². The van der Waals surface area contributed by atoms with Crippen LogP contribution in [-0.2, 0) is 12.8 Å². The third kappa shape index (κ3) is 3.86. The van der Waals surface area contributed by atoms with Gasteiger partial charge in [0.1, 0.15) is 0 Å². The first-order valence-electron chi connectivity index (χ1n) is 9.47. The summed E-state index contributed by atoms with van der Waals surface area (Å²) in [4.78, 5) is 27.5. The van der Waals surface area contributed by atoms with Crippen LogP contribution in [-0.4, -0.2) is 27.6 Å². The second-order valence-electron chi connectivity index (χ2n) is 7.30. The van der Waals surface area contributed by atoms with Gasteiger partial charge in [-0.2, -0.15) is 5.10 Å². The molecule has 2 heterocycles. The first-order chi connectivity index (χ1) is 13.6. The fourth-order valence-corrected chi connectivity index (χ4v) is 3.76. The molecule has 0 aliphatic heterocycles. The van der Waals surface area contributed by atoms with Crippen molar-refractivity contribution in [2.75, 3.05) is 6.54 Å². The zero-order chi connectivity index (χ0) is 19.5. The van der Waals surface area contributed by atoms with E-state index in [1.54, 1.807) is 18.5 Å². The number of H-pyrrole nitrogens is 1. The van der Waals surface area contributed by atoms with Crippen LogP contribution >= 0.6 is 0 Å². The maximum absolute atomic E-state index is 12.3. The van der Waals surface area contributed by atoms with Crippen LogP contribution in [0.3, 0.4) is 0 Å². The topological polar surface area (TPSA) is 87.7 Å². The molecule has 1 unspecified atom stereocenters.